The van der Waals surface area contributed by atoms with Crippen molar-refractivity contribution in [2.75, 3.05) is 13.2 Å². The van der Waals surface area contributed by atoms with Crippen LogP contribution in [0.1, 0.15) is 36.6 Å². The number of aliphatic hydroxyl groups excluding tert-OH is 1. The van der Waals surface area contributed by atoms with Crippen LogP contribution in [0.2, 0.25) is 0 Å². The summed E-state index contributed by atoms with van der Waals surface area (Å²) in [4.78, 5) is 0. The number of aromatic nitrogens is 2. The smallest absolute Gasteiger partial charge is 0.0540 e. The quantitative estimate of drug-likeness (QED) is 0.712. The van der Waals surface area contributed by atoms with Gasteiger partial charge in [-0.2, -0.15) is 5.10 Å². The Morgan fingerprint density at radius 1 is 1.61 bits per heavy atom. The summed E-state index contributed by atoms with van der Waals surface area (Å²) in [5.41, 5.74) is 8.21. The van der Waals surface area contributed by atoms with Crippen LogP contribution in [-0.2, 0) is 7.05 Å². The van der Waals surface area contributed by atoms with Gasteiger partial charge in [-0.1, -0.05) is 6.42 Å². The van der Waals surface area contributed by atoms with E-state index in [1.54, 1.807) is 0 Å². The van der Waals surface area contributed by atoms with E-state index in [0.717, 1.165) is 18.5 Å². The third-order valence-corrected chi connectivity index (χ3v) is 4.19. The average Bonchev–Trinajstić information content (AvgIpc) is 2.95. The predicted octanol–water partition coefficient (Wildman–Crippen LogP) is 0.479. The van der Waals surface area contributed by atoms with E-state index < -0.39 is 0 Å². The van der Waals surface area contributed by atoms with E-state index in [0.29, 0.717) is 18.5 Å². The third kappa shape index (κ3) is 2.58. The summed E-state index contributed by atoms with van der Waals surface area (Å²) in [6.07, 6.45) is 5.31. The molecule has 1 aliphatic carbocycles. The van der Waals surface area contributed by atoms with Gasteiger partial charge in [0, 0.05) is 43.5 Å². The Morgan fingerprint density at radius 3 is 2.94 bits per heavy atom. The Labute approximate surface area is 108 Å². The summed E-state index contributed by atoms with van der Waals surface area (Å²) in [6, 6.07) is 0.513. The van der Waals surface area contributed by atoms with Gasteiger partial charge in [0.15, 0.2) is 0 Å². The van der Waals surface area contributed by atoms with Crippen molar-refractivity contribution in [2.24, 2.45) is 18.7 Å². The van der Waals surface area contributed by atoms with Gasteiger partial charge in [-0.05, 0) is 25.7 Å². The number of hydrogen-bond acceptors (Lipinski definition) is 4. The van der Waals surface area contributed by atoms with E-state index in [2.05, 4.69) is 17.3 Å². The first-order chi connectivity index (χ1) is 8.67. The van der Waals surface area contributed by atoms with Crippen LogP contribution < -0.4 is 11.1 Å². The van der Waals surface area contributed by atoms with Crippen molar-refractivity contribution in [1.82, 2.24) is 15.1 Å². The minimum atomic E-state index is 0.135. The number of rotatable bonds is 5. The lowest BCUT2D eigenvalue weighted by Gasteiger charge is -2.25. The summed E-state index contributed by atoms with van der Waals surface area (Å²) in [5, 5.41) is 17.2. The lowest BCUT2D eigenvalue weighted by Crippen LogP contribution is -2.40. The fourth-order valence-corrected chi connectivity index (χ4v) is 2.88. The minimum absolute atomic E-state index is 0.135. The molecule has 5 nitrogen and oxygen atoms in total. The first kappa shape index (κ1) is 13.5. The van der Waals surface area contributed by atoms with E-state index in [1.807, 2.05) is 17.9 Å². The van der Waals surface area contributed by atoms with Crippen LogP contribution in [0.15, 0.2) is 6.20 Å². The Bertz CT molecular complexity index is 390. The van der Waals surface area contributed by atoms with E-state index in [4.69, 9.17) is 5.73 Å². The van der Waals surface area contributed by atoms with Crippen molar-refractivity contribution in [3.05, 3.63) is 17.5 Å². The molecule has 0 saturated heterocycles. The number of nitrogens with zero attached hydrogens (tertiary/aromatic N) is 2. The monoisotopic (exact) mass is 252 g/mol. The summed E-state index contributed by atoms with van der Waals surface area (Å²) in [7, 11) is 1.94. The fraction of sp³-hybridized carbons (Fsp3) is 0.769. The Morgan fingerprint density at radius 2 is 2.39 bits per heavy atom. The second-order valence-corrected chi connectivity index (χ2v) is 5.24. The predicted molar refractivity (Wildman–Crippen MR) is 71.1 cm³/mol. The topological polar surface area (TPSA) is 76.1 Å². The van der Waals surface area contributed by atoms with Crippen LogP contribution in [0.4, 0.5) is 0 Å². The number of hydrogen-bond donors (Lipinski definition) is 3. The van der Waals surface area contributed by atoms with Crippen LogP contribution >= 0.6 is 0 Å². The van der Waals surface area contributed by atoms with Crippen molar-refractivity contribution < 1.29 is 5.11 Å². The van der Waals surface area contributed by atoms with Crippen molar-refractivity contribution in [2.45, 2.75) is 38.3 Å². The summed E-state index contributed by atoms with van der Waals surface area (Å²) in [5.74, 6) is 0.371. The van der Waals surface area contributed by atoms with Gasteiger partial charge in [-0.3, -0.25) is 4.68 Å². The van der Waals surface area contributed by atoms with E-state index in [9.17, 15) is 5.11 Å². The van der Waals surface area contributed by atoms with Gasteiger partial charge in [-0.25, -0.2) is 0 Å². The van der Waals surface area contributed by atoms with E-state index in [1.165, 1.54) is 12.0 Å². The number of aliphatic hydroxyl groups is 1. The van der Waals surface area contributed by atoms with Gasteiger partial charge >= 0.3 is 0 Å². The standard InChI is InChI=1S/C13H24N4O/c1-9-11(7-15-17(9)2)13(6-14)16-12-5-3-4-10(12)8-18/h7,10,12-13,16,18H,3-6,8,14H2,1-2H3. The molecule has 2 rings (SSSR count). The lowest BCUT2D eigenvalue weighted by molar-refractivity contribution is 0.199. The summed E-state index contributed by atoms with van der Waals surface area (Å²) < 4.78 is 1.87. The molecule has 18 heavy (non-hydrogen) atoms. The van der Waals surface area contributed by atoms with Gasteiger partial charge in [0.05, 0.1) is 6.20 Å². The molecule has 4 N–H and O–H groups in total. The molecule has 0 aliphatic heterocycles. The zero-order valence-corrected chi connectivity index (χ0v) is 11.3. The maximum absolute atomic E-state index is 9.36. The molecule has 1 fully saturated rings. The van der Waals surface area contributed by atoms with Gasteiger partial charge in [0.25, 0.3) is 0 Å². The van der Waals surface area contributed by atoms with Crippen molar-refractivity contribution in [3.63, 3.8) is 0 Å². The lowest BCUT2D eigenvalue weighted by atomic mass is 10.0. The largest absolute Gasteiger partial charge is 0.396 e. The van der Waals surface area contributed by atoms with Crippen LogP contribution in [0.3, 0.4) is 0 Å². The Hall–Kier alpha value is -0.910. The molecule has 1 heterocycles. The molecule has 1 aliphatic rings. The number of nitrogens with one attached hydrogen (secondary N) is 1. The minimum Gasteiger partial charge on any atom is -0.396 e. The summed E-state index contributed by atoms with van der Waals surface area (Å²) >= 11 is 0. The molecule has 1 aromatic rings. The van der Waals surface area contributed by atoms with Gasteiger partial charge in [-0.15, -0.1) is 0 Å². The molecule has 0 aromatic carbocycles. The zero-order valence-electron chi connectivity index (χ0n) is 11.3. The molecule has 5 heteroatoms. The zero-order chi connectivity index (χ0) is 13.1. The fourth-order valence-electron chi connectivity index (χ4n) is 2.88. The Balaban J connectivity index is 2.07. The molecule has 0 bridgehead atoms. The molecule has 0 spiro atoms. The maximum Gasteiger partial charge on any atom is 0.0540 e. The second-order valence-electron chi connectivity index (χ2n) is 5.24. The maximum atomic E-state index is 9.36. The first-order valence-corrected chi connectivity index (χ1v) is 6.72. The highest BCUT2D eigenvalue weighted by atomic mass is 16.3. The molecule has 1 saturated carbocycles. The highest BCUT2D eigenvalue weighted by molar-refractivity contribution is 5.21. The van der Waals surface area contributed by atoms with Crippen LogP contribution in [-0.4, -0.2) is 34.1 Å². The molecule has 1 aromatic heterocycles. The van der Waals surface area contributed by atoms with E-state index >= 15 is 0 Å². The second kappa shape index (κ2) is 5.82. The van der Waals surface area contributed by atoms with Crippen LogP contribution in [0, 0.1) is 12.8 Å². The molecule has 102 valence electrons. The van der Waals surface area contributed by atoms with E-state index in [-0.39, 0.29) is 12.6 Å². The van der Waals surface area contributed by atoms with Gasteiger partial charge < -0.3 is 16.2 Å². The number of nitrogens with two attached hydrogens (primary N) is 1. The van der Waals surface area contributed by atoms with Crippen molar-refractivity contribution >= 4 is 0 Å². The molecular weight excluding hydrogens is 228 g/mol. The summed E-state index contributed by atoms with van der Waals surface area (Å²) in [6.45, 7) is 2.88. The van der Waals surface area contributed by atoms with Crippen LogP contribution in [0.25, 0.3) is 0 Å². The van der Waals surface area contributed by atoms with Crippen LogP contribution in [0.5, 0.6) is 0 Å². The number of aryl methyl sites for hydroxylation is 1. The third-order valence-electron chi connectivity index (χ3n) is 4.19. The first-order valence-electron chi connectivity index (χ1n) is 6.72. The Kier molecular flexibility index (Phi) is 4.37. The van der Waals surface area contributed by atoms with Crippen molar-refractivity contribution in [3.8, 4) is 0 Å². The molecule has 0 amide bonds. The molecule has 3 unspecified atom stereocenters. The highest BCUT2D eigenvalue weighted by Gasteiger charge is 2.29. The SMILES string of the molecule is Cc1c(C(CN)NC2CCCC2CO)cnn1C. The van der Waals surface area contributed by atoms with Gasteiger partial charge in [0.1, 0.15) is 0 Å². The normalized spacial score (nSPS) is 25.6. The molecular formula is C13H24N4O. The van der Waals surface area contributed by atoms with Gasteiger partial charge in [0.2, 0.25) is 0 Å². The average molecular weight is 252 g/mol. The van der Waals surface area contributed by atoms with Crippen molar-refractivity contribution in [1.29, 1.82) is 0 Å². The molecule has 0 radical (unpaired) electrons. The highest BCUT2D eigenvalue weighted by Crippen LogP contribution is 2.28. The molecule has 3 atom stereocenters.